The lowest BCUT2D eigenvalue weighted by Crippen LogP contribution is -1.93. The average molecular weight is 204 g/mol. The summed E-state index contributed by atoms with van der Waals surface area (Å²) in [6, 6.07) is 3.81. The van der Waals surface area contributed by atoms with Crippen molar-refractivity contribution in [3.8, 4) is 11.5 Å². The molecule has 0 bridgehead atoms. The number of hydrogen-bond acceptors (Lipinski definition) is 3. The lowest BCUT2D eigenvalue weighted by Gasteiger charge is -2.09. The normalized spacial score (nSPS) is 13.1. The summed E-state index contributed by atoms with van der Waals surface area (Å²) in [7, 11) is 3.21. The maximum Gasteiger partial charge on any atom is 0.161 e. The Hall–Kier alpha value is -1.77. The second kappa shape index (κ2) is 3.77. The highest BCUT2D eigenvalue weighted by Crippen LogP contribution is 2.35. The van der Waals surface area contributed by atoms with Crippen molar-refractivity contribution >= 4 is 12.4 Å². The minimum absolute atomic E-state index is 0.680. The first-order chi connectivity index (χ1) is 7.28. The van der Waals surface area contributed by atoms with Crippen molar-refractivity contribution in [1.82, 2.24) is 0 Å². The van der Waals surface area contributed by atoms with Crippen molar-refractivity contribution in [2.24, 2.45) is 0 Å². The molecule has 0 atom stereocenters. The van der Waals surface area contributed by atoms with Gasteiger partial charge in [-0.1, -0.05) is 0 Å². The molecule has 2 rings (SSSR count). The van der Waals surface area contributed by atoms with Crippen molar-refractivity contribution in [3.05, 3.63) is 28.8 Å². The zero-order valence-corrected chi connectivity index (χ0v) is 8.74. The Labute approximate surface area is 88.3 Å². The summed E-state index contributed by atoms with van der Waals surface area (Å²) in [6.07, 6.45) is 3.45. The van der Waals surface area contributed by atoms with Gasteiger partial charge in [0.2, 0.25) is 0 Å². The van der Waals surface area contributed by atoms with E-state index in [0.29, 0.717) is 17.9 Å². The van der Waals surface area contributed by atoms with E-state index in [0.717, 1.165) is 23.0 Å². The number of aldehydes is 1. The van der Waals surface area contributed by atoms with Crippen molar-refractivity contribution in [3.63, 3.8) is 0 Å². The minimum atomic E-state index is 0.680. The molecule has 1 aliphatic carbocycles. The Balaban J connectivity index is 2.47. The van der Waals surface area contributed by atoms with E-state index in [1.807, 2.05) is 18.2 Å². The van der Waals surface area contributed by atoms with Gasteiger partial charge in [-0.3, -0.25) is 4.79 Å². The van der Waals surface area contributed by atoms with Gasteiger partial charge in [0.1, 0.15) is 6.29 Å². The van der Waals surface area contributed by atoms with Gasteiger partial charge in [-0.15, -0.1) is 0 Å². The standard InChI is InChI=1S/C12H12O3/c1-14-11-5-9-3-8(7-13)4-10(9)6-12(11)15-2/h3,5-7H,4H2,1-2H3. The predicted molar refractivity (Wildman–Crippen MR) is 57.3 cm³/mol. The third-order valence-electron chi connectivity index (χ3n) is 2.53. The summed E-state index contributed by atoms with van der Waals surface area (Å²) in [5.41, 5.74) is 2.94. The molecule has 0 saturated carbocycles. The largest absolute Gasteiger partial charge is 0.493 e. The zero-order valence-electron chi connectivity index (χ0n) is 8.74. The number of fused-ring (bicyclic) bond motifs is 1. The molecule has 0 amide bonds. The van der Waals surface area contributed by atoms with Gasteiger partial charge in [-0.2, -0.15) is 0 Å². The number of hydrogen-bond donors (Lipinski definition) is 0. The Kier molecular flexibility index (Phi) is 2.46. The summed E-state index contributed by atoms with van der Waals surface area (Å²) < 4.78 is 10.4. The fourth-order valence-electron chi connectivity index (χ4n) is 1.77. The first kappa shape index (κ1) is 9.77. The Morgan fingerprint density at radius 1 is 1.20 bits per heavy atom. The second-order valence-electron chi connectivity index (χ2n) is 3.42. The molecule has 0 radical (unpaired) electrons. The van der Waals surface area contributed by atoms with E-state index in [1.165, 1.54) is 0 Å². The van der Waals surface area contributed by atoms with Crippen LogP contribution in [0.3, 0.4) is 0 Å². The molecule has 1 aliphatic rings. The molecule has 3 nitrogen and oxygen atoms in total. The van der Waals surface area contributed by atoms with Gasteiger partial charge in [-0.05, 0) is 34.9 Å². The molecule has 0 fully saturated rings. The van der Waals surface area contributed by atoms with Crippen LogP contribution in [0.4, 0.5) is 0 Å². The van der Waals surface area contributed by atoms with Crippen LogP contribution < -0.4 is 9.47 Å². The Bertz CT molecular complexity index is 433. The highest BCUT2D eigenvalue weighted by atomic mass is 16.5. The van der Waals surface area contributed by atoms with E-state index >= 15 is 0 Å². The number of ether oxygens (including phenoxy) is 2. The molecule has 0 heterocycles. The van der Waals surface area contributed by atoms with Crippen LogP contribution >= 0.6 is 0 Å². The summed E-state index contributed by atoms with van der Waals surface area (Å²) in [5, 5.41) is 0. The molecule has 1 aromatic carbocycles. The van der Waals surface area contributed by atoms with E-state index in [9.17, 15) is 4.79 Å². The molecule has 0 spiro atoms. The van der Waals surface area contributed by atoms with Gasteiger partial charge in [0, 0.05) is 6.42 Å². The van der Waals surface area contributed by atoms with E-state index in [4.69, 9.17) is 9.47 Å². The third kappa shape index (κ3) is 1.61. The molecular formula is C12H12O3. The van der Waals surface area contributed by atoms with Crippen LogP contribution in [0.25, 0.3) is 6.08 Å². The van der Waals surface area contributed by atoms with Crippen LogP contribution in [0.2, 0.25) is 0 Å². The summed E-state index contributed by atoms with van der Waals surface area (Å²) >= 11 is 0. The van der Waals surface area contributed by atoms with Crippen LogP contribution in [-0.2, 0) is 11.2 Å². The third-order valence-corrected chi connectivity index (χ3v) is 2.53. The van der Waals surface area contributed by atoms with Gasteiger partial charge in [0.05, 0.1) is 14.2 Å². The highest BCUT2D eigenvalue weighted by Gasteiger charge is 2.16. The number of methoxy groups -OCH3 is 2. The lowest BCUT2D eigenvalue weighted by molar-refractivity contribution is -0.104. The molecule has 0 N–H and O–H groups in total. The van der Waals surface area contributed by atoms with Crippen LogP contribution in [-0.4, -0.2) is 20.5 Å². The monoisotopic (exact) mass is 204 g/mol. The summed E-state index contributed by atoms with van der Waals surface area (Å²) in [6.45, 7) is 0. The van der Waals surface area contributed by atoms with Crippen LogP contribution in [0.5, 0.6) is 11.5 Å². The molecule has 0 aromatic heterocycles. The van der Waals surface area contributed by atoms with Crippen LogP contribution in [0.1, 0.15) is 11.1 Å². The average Bonchev–Trinajstić information content (AvgIpc) is 2.68. The number of carbonyl (C=O) groups is 1. The smallest absolute Gasteiger partial charge is 0.161 e. The molecular weight excluding hydrogens is 192 g/mol. The fourth-order valence-corrected chi connectivity index (χ4v) is 1.77. The van der Waals surface area contributed by atoms with Crippen LogP contribution in [0.15, 0.2) is 17.7 Å². The number of benzene rings is 1. The van der Waals surface area contributed by atoms with Gasteiger partial charge >= 0.3 is 0 Å². The van der Waals surface area contributed by atoms with E-state index in [1.54, 1.807) is 14.2 Å². The molecule has 0 unspecified atom stereocenters. The molecule has 0 aliphatic heterocycles. The first-order valence-electron chi connectivity index (χ1n) is 4.69. The Morgan fingerprint density at radius 2 is 1.87 bits per heavy atom. The van der Waals surface area contributed by atoms with Crippen LogP contribution in [0, 0.1) is 0 Å². The number of rotatable bonds is 3. The summed E-state index contributed by atoms with van der Waals surface area (Å²) in [5.74, 6) is 1.40. The number of carbonyl (C=O) groups excluding carboxylic acids is 1. The first-order valence-corrected chi connectivity index (χ1v) is 4.69. The quantitative estimate of drug-likeness (QED) is 0.705. The highest BCUT2D eigenvalue weighted by molar-refractivity contribution is 5.87. The van der Waals surface area contributed by atoms with Gasteiger partial charge in [-0.25, -0.2) is 0 Å². The Morgan fingerprint density at radius 3 is 2.47 bits per heavy atom. The second-order valence-corrected chi connectivity index (χ2v) is 3.42. The molecule has 78 valence electrons. The zero-order chi connectivity index (χ0) is 10.8. The van der Waals surface area contributed by atoms with Gasteiger partial charge in [0.15, 0.2) is 11.5 Å². The maximum absolute atomic E-state index is 10.7. The SMILES string of the molecule is COc1cc2c(cc1OC)CC(C=O)=C2. The van der Waals surface area contributed by atoms with E-state index < -0.39 is 0 Å². The minimum Gasteiger partial charge on any atom is -0.493 e. The van der Waals surface area contributed by atoms with Crippen molar-refractivity contribution < 1.29 is 14.3 Å². The maximum atomic E-state index is 10.7. The van der Waals surface area contributed by atoms with E-state index in [-0.39, 0.29) is 0 Å². The van der Waals surface area contributed by atoms with Crippen molar-refractivity contribution in [2.45, 2.75) is 6.42 Å². The lowest BCUT2D eigenvalue weighted by atomic mass is 10.1. The predicted octanol–water partition coefficient (Wildman–Crippen LogP) is 1.84. The van der Waals surface area contributed by atoms with E-state index in [2.05, 4.69) is 0 Å². The number of allylic oxidation sites excluding steroid dienone is 1. The topological polar surface area (TPSA) is 35.5 Å². The fraction of sp³-hybridized carbons (Fsp3) is 0.250. The molecule has 1 aromatic rings. The summed E-state index contributed by atoms with van der Waals surface area (Å²) in [4.78, 5) is 10.7. The van der Waals surface area contributed by atoms with Crippen molar-refractivity contribution in [2.75, 3.05) is 14.2 Å². The van der Waals surface area contributed by atoms with Gasteiger partial charge < -0.3 is 9.47 Å². The van der Waals surface area contributed by atoms with Gasteiger partial charge in [0.25, 0.3) is 0 Å². The molecule has 0 saturated heterocycles. The molecule has 3 heteroatoms. The molecule has 15 heavy (non-hydrogen) atoms. The van der Waals surface area contributed by atoms with Crippen molar-refractivity contribution in [1.29, 1.82) is 0 Å².